The van der Waals surface area contributed by atoms with Crippen LogP contribution in [0.3, 0.4) is 0 Å². The van der Waals surface area contributed by atoms with Gasteiger partial charge in [0.25, 0.3) is 0 Å². The largest absolute Gasteiger partial charge is 0.496 e. The molecule has 5 heteroatoms. The van der Waals surface area contributed by atoms with Crippen LogP contribution in [-0.2, 0) is 0 Å². The molecule has 6 aromatic rings. The van der Waals surface area contributed by atoms with E-state index in [1.165, 1.54) is 26.6 Å². The predicted molar refractivity (Wildman–Crippen MR) is 171 cm³/mol. The first-order valence-electron chi connectivity index (χ1n) is 13.9. The summed E-state index contributed by atoms with van der Waals surface area (Å²) in [6.07, 6.45) is 2.01. The standard InChI is InChI=1S/C24H20B.C13H12NO3/c1-5-13-21(14-6-1)25(22-15-7-2-8-16-22,23-17-9-3-10-18-23)24-19-11-4-12-20-24;1-16-12-7-9-14(10-8-12)17-13(15)11-5-3-2-4-6-11/h1-20H;2-10H,1H3/q-1;+1. The van der Waals surface area contributed by atoms with E-state index in [2.05, 4.69) is 121 Å². The highest BCUT2D eigenvalue weighted by atomic mass is 16.7. The zero-order chi connectivity index (χ0) is 29.0. The number of hydrogen-bond acceptors (Lipinski definition) is 3. The van der Waals surface area contributed by atoms with Crippen LogP contribution in [-0.4, -0.2) is 19.2 Å². The van der Waals surface area contributed by atoms with Gasteiger partial charge in [0, 0.05) is 16.9 Å². The smallest absolute Gasteiger partial charge is 0.411 e. The summed E-state index contributed by atoms with van der Waals surface area (Å²) in [5.41, 5.74) is 5.87. The molecule has 0 bridgehead atoms. The Kier molecular flexibility index (Phi) is 9.23. The Balaban J connectivity index is 0.000000181. The summed E-state index contributed by atoms with van der Waals surface area (Å²) in [5, 5.41) is 0. The lowest BCUT2D eigenvalue weighted by atomic mass is 9.13. The van der Waals surface area contributed by atoms with Gasteiger partial charge < -0.3 is 4.74 Å². The first-order chi connectivity index (χ1) is 20.7. The number of carbonyl (C=O) groups excluding carboxylic acids is 1. The van der Waals surface area contributed by atoms with Gasteiger partial charge in [0.1, 0.15) is 11.9 Å². The number of nitrogens with zero attached hydrogens (tertiary/aromatic N) is 1. The van der Waals surface area contributed by atoms with Gasteiger partial charge in [0.05, 0.1) is 12.7 Å². The molecule has 0 fully saturated rings. The van der Waals surface area contributed by atoms with Gasteiger partial charge in [-0.3, -0.25) is 0 Å². The van der Waals surface area contributed by atoms with Crippen LogP contribution in [0, 0.1) is 0 Å². The van der Waals surface area contributed by atoms with E-state index >= 15 is 0 Å². The highest BCUT2D eigenvalue weighted by Gasteiger charge is 2.31. The maximum absolute atomic E-state index is 11.7. The van der Waals surface area contributed by atoms with Gasteiger partial charge in [0.15, 0.2) is 0 Å². The molecular formula is C37H32BNO3. The molecule has 0 aliphatic carbocycles. The van der Waals surface area contributed by atoms with E-state index in [4.69, 9.17) is 9.57 Å². The monoisotopic (exact) mass is 549 g/mol. The lowest BCUT2D eigenvalue weighted by Gasteiger charge is -2.44. The van der Waals surface area contributed by atoms with Crippen molar-refractivity contribution in [2.24, 2.45) is 0 Å². The fraction of sp³-hybridized carbons (Fsp3) is 0.0270. The van der Waals surface area contributed by atoms with Crippen LogP contribution in [0.15, 0.2) is 176 Å². The zero-order valence-electron chi connectivity index (χ0n) is 23.5. The molecule has 0 aliphatic heterocycles. The van der Waals surface area contributed by atoms with Crippen molar-refractivity contribution in [3.63, 3.8) is 0 Å². The van der Waals surface area contributed by atoms with Crippen molar-refractivity contribution < 1.29 is 19.1 Å². The van der Waals surface area contributed by atoms with Crippen LogP contribution in [0.5, 0.6) is 5.75 Å². The molecule has 0 N–H and O–H groups in total. The Morgan fingerprint density at radius 2 is 0.833 bits per heavy atom. The second-order valence-electron chi connectivity index (χ2n) is 9.85. The molecule has 0 aliphatic rings. The van der Waals surface area contributed by atoms with Crippen LogP contribution >= 0.6 is 0 Å². The van der Waals surface area contributed by atoms with E-state index in [1.807, 2.05) is 6.07 Å². The summed E-state index contributed by atoms with van der Waals surface area (Å²) in [7, 11) is 1.58. The van der Waals surface area contributed by atoms with Crippen LogP contribution < -0.4 is 36.2 Å². The number of aromatic nitrogens is 1. The summed E-state index contributed by atoms with van der Waals surface area (Å²) in [6.45, 7) is 0. The molecule has 0 amide bonds. The molecule has 4 nitrogen and oxygen atoms in total. The minimum absolute atomic E-state index is 0.402. The Morgan fingerprint density at radius 1 is 0.500 bits per heavy atom. The van der Waals surface area contributed by atoms with Crippen molar-refractivity contribution in [2.45, 2.75) is 0 Å². The minimum atomic E-state index is -1.22. The quantitative estimate of drug-likeness (QED) is 0.220. The molecule has 0 spiro atoms. The molecular weight excluding hydrogens is 517 g/mol. The second-order valence-corrected chi connectivity index (χ2v) is 9.85. The number of hydrogen-bond donors (Lipinski definition) is 0. The number of carbonyl (C=O) groups is 1. The fourth-order valence-electron chi connectivity index (χ4n) is 5.44. The fourth-order valence-corrected chi connectivity index (χ4v) is 5.44. The molecule has 1 heterocycles. The van der Waals surface area contributed by atoms with E-state index in [-0.39, 0.29) is 0 Å². The Bertz CT molecular complexity index is 1500. The lowest BCUT2D eigenvalue weighted by Crippen LogP contribution is -2.74. The molecule has 6 rings (SSSR count). The van der Waals surface area contributed by atoms with Crippen LogP contribution in [0.25, 0.3) is 0 Å². The first kappa shape index (κ1) is 28.1. The topological polar surface area (TPSA) is 39.4 Å². The van der Waals surface area contributed by atoms with Gasteiger partial charge in [-0.1, -0.05) is 140 Å². The molecule has 5 aromatic carbocycles. The molecule has 42 heavy (non-hydrogen) atoms. The van der Waals surface area contributed by atoms with Crippen molar-refractivity contribution in [2.75, 3.05) is 7.11 Å². The Hall–Kier alpha value is -5.42. The van der Waals surface area contributed by atoms with Crippen molar-refractivity contribution >= 4 is 34.0 Å². The van der Waals surface area contributed by atoms with Crippen LogP contribution in [0.2, 0.25) is 0 Å². The minimum Gasteiger partial charge on any atom is -0.496 e. The Labute approximate surface area is 247 Å². The summed E-state index contributed by atoms with van der Waals surface area (Å²) >= 11 is 0. The summed E-state index contributed by atoms with van der Waals surface area (Å²) < 4.78 is 6.34. The number of methoxy groups -OCH3 is 1. The lowest BCUT2D eigenvalue weighted by molar-refractivity contribution is -0.868. The maximum Gasteiger partial charge on any atom is 0.411 e. The molecule has 1 aromatic heterocycles. The van der Waals surface area contributed by atoms with E-state index in [1.54, 1.807) is 55.9 Å². The first-order valence-corrected chi connectivity index (χ1v) is 13.9. The molecule has 206 valence electrons. The van der Waals surface area contributed by atoms with Gasteiger partial charge in [0.2, 0.25) is 12.4 Å². The van der Waals surface area contributed by atoms with E-state index in [0.717, 1.165) is 0 Å². The normalized spacial score (nSPS) is 10.6. The molecule has 0 atom stereocenters. The van der Waals surface area contributed by atoms with Crippen molar-refractivity contribution in [3.05, 3.63) is 182 Å². The number of rotatable bonds is 7. The average molecular weight is 549 g/mol. The van der Waals surface area contributed by atoms with Crippen LogP contribution in [0.4, 0.5) is 0 Å². The van der Waals surface area contributed by atoms with Crippen molar-refractivity contribution in [1.29, 1.82) is 0 Å². The molecule has 0 saturated heterocycles. The summed E-state index contributed by atoms with van der Waals surface area (Å²) in [6, 6.07) is 55.8. The van der Waals surface area contributed by atoms with Gasteiger partial charge in [-0.25, -0.2) is 4.79 Å². The number of ether oxygens (including phenoxy) is 1. The van der Waals surface area contributed by atoms with Crippen LogP contribution in [0.1, 0.15) is 10.4 Å². The molecule has 0 saturated carbocycles. The highest BCUT2D eigenvalue weighted by Crippen LogP contribution is 2.09. The van der Waals surface area contributed by atoms with Gasteiger partial charge in [-0.15, -0.1) is 0 Å². The third-order valence-electron chi connectivity index (χ3n) is 7.40. The van der Waals surface area contributed by atoms with Gasteiger partial charge >= 0.3 is 5.97 Å². The predicted octanol–water partition coefficient (Wildman–Crippen LogP) is 4.32. The second kappa shape index (κ2) is 13.8. The molecule has 0 radical (unpaired) electrons. The SMILES string of the molecule is COc1cc[n+](OC(=O)c2ccccc2)cc1.c1ccc([B-](c2ccccc2)(c2ccccc2)c2ccccc2)cc1. The van der Waals surface area contributed by atoms with E-state index in [0.29, 0.717) is 11.3 Å². The van der Waals surface area contributed by atoms with E-state index < -0.39 is 12.1 Å². The van der Waals surface area contributed by atoms with Gasteiger partial charge in [-0.2, -0.15) is 26.7 Å². The average Bonchev–Trinajstić information content (AvgIpc) is 3.08. The van der Waals surface area contributed by atoms with E-state index in [9.17, 15) is 4.79 Å². The molecule has 0 unspecified atom stereocenters. The van der Waals surface area contributed by atoms with Gasteiger partial charge in [-0.05, 0) is 12.1 Å². The zero-order valence-corrected chi connectivity index (χ0v) is 23.5. The highest BCUT2D eigenvalue weighted by molar-refractivity contribution is 7.19. The number of benzene rings is 5. The summed E-state index contributed by atoms with van der Waals surface area (Å²) in [4.78, 5) is 16.8. The Morgan fingerprint density at radius 3 is 1.17 bits per heavy atom. The third kappa shape index (κ3) is 6.32. The maximum atomic E-state index is 11.7. The number of pyridine rings is 1. The summed E-state index contributed by atoms with van der Waals surface area (Å²) in [5.74, 6) is 0.303. The van der Waals surface area contributed by atoms with Crippen molar-refractivity contribution in [1.82, 2.24) is 0 Å². The van der Waals surface area contributed by atoms with Crippen molar-refractivity contribution in [3.8, 4) is 5.75 Å². The third-order valence-corrected chi connectivity index (χ3v) is 7.40.